The molecule has 0 radical (unpaired) electrons. The zero-order valence-corrected chi connectivity index (χ0v) is 15.8. The molecule has 1 saturated heterocycles. The Bertz CT molecular complexity index is 604. The molecule has 1 heterocycles. The van der Waals surface area contributed by atoms with Crippen LogP contribution in [0.3, 0.4) is 0 Å². The van der Waals surface area contributed by atoms with E-state index in [0.29, 0.717) is 13.1 Å². The minimum atomic E-state index is -0.115. The van der Waals surface area contributed by atoms with Crippen molar-refractivity contribution in [3.63, 3.8) is 0 Å². The number of piperidine rings is 1. The third-order valence-electron chi connectivity index (χ3n) is 4.49. The molecule has 1 aromatic rings. The Balaban J connectivity index is 2.04. The average molecular weight is 350 g/mol. The van der Waals surface area contributed by atoms with Crippen LogP contribution in [-0.2, 0) is 10.5 Å². The van der Waals surface area contributed by atoms with Crippen LogP contribution in [-0.4, -0.2) is 55.2 Å². The first-order valence-corrected chi connectivity index (χ1v) is 9.68. The van der Waals surface area contributed by atoms with E-state index < -0.39 is 0 Å². The van der Waals surface area contributed by atoms with E-state index in [9.17, 15) is 9.59 Å². The van der Waals surface area contributed by atoms with Crippen LogP contribution in [0, 0.1) is 12.8 Å². The molecule has 0 saturated carbocycles. The minimum Gasteiger partial charge on any atom is -0.349 e. The van der Waals surface area contributed by atoms with E-state index in [4.69, 9.17) is 0 Å². The molecule has 1 aromatic carbocycles. The molecule has 3 amide bonds. The number of hydrogen-bond donors (Lipinski definition) is 1. The van der Waals surface area contributed by atoms with Crippen LogP contribution in [0.4, 0.5) is 10.5 Å². The molecule has 6 heteroatoms. The van der Waals surface area contributed by atoms with Gasteiger partial charge in [0.25, 0.3) is 0 Å². The number of nitrogens with zero attached hydrogens (tertiary/aromatic N) is 2. The maximum atomic E-state index is 12.6. The van der Waals surface area contributed by atoms with Crippen LogP contribution >= 0.6 is 11.8 Å². The van der Waals surface area contributed by atoms with Gasteiger partial charge < -0.3 is 15.1 Å². The maximum Gasteiger partial charge on any atom is 0.321 e. The van der Waals surface area contributed by atoms with Crippen molar-refractivity contribution in [1.29, 1.82) is 0 Å². The molecular formula is C18H27N3O2S. The second-order valence-electron chi connectivity index (χ2n) is 6.47. The lowest BCUT2D eigenvalue weighted by atomic mass is 9.97. The molecule has 0 aliphatic carbocycles. The fourth-order valence-electron chi connectivity index (χ4n) is 3.05. The first kappa shape index (κ1) is 18.6. The van der Waals surface area contributed by atoms with Crippen molar-refractivity contribution >= 4 is 29.4 Å². The molecule has 1 atom stereocenters. The van der Waals surface area contributed by atoms with Gasteiger partial charge in [-0.3, -0.25) is 4.79 Å². The largest absolute Gasteiger partial charge is 0.349 e. The van der Waals surface area contributed by atoms with E-state index in [1.807, 2.05) is 19.1 Å². The fourth-order valence-corrected chi connectivity index (χ4v) is 3.68. The number of rotatable bonds is 4. The summed E-state index contributed by atoms with van der Waals surface area (Å²) < 4.78 is 0. The van der Waals surface area contributed by atoms with E-state index >= 15 is 0 Å². The number of likely N-dealkylation sites (tertiary alicyclic amines) is 1. The third kappa shape index (κ3) is 4.44. The minimum absolute atomic E-state index is 0.0941. The van der Waals surface area contributed by atoms with Crippen LogP contribution in [0.1, 0.15) is 24.0 Å². The van der Waals surface area contributed by atoms with E-state index in [-0.39, 0.29) is 17.9 Å². The summed E-state index contributed by atoms with van der Waals surface area (Å²) >= 11 is 1.77. The van der Waals surface area contributed by atoms with Gasteiger partial charge in [-0.15, -0.1) is 0 Å². The van der Waals surface area contributed by atoms with Crippen molar-refractivity contribution in [2.24, 2.45) is 5.92 Å². The van der Waals surface area contributed by atoms with Crippen LogP contribution in [0.25, 0.3) is 0 Å². The number of anilines is 1. The van der Waals surface area contributed by atoms with Gasteiger partial charge in [0.2, 0.25) is 5.91 Å². The number of carbonyl (C=O) groups excluding carboxylic acids is 2. The molecule has 132 valence electrons. The Morgan fingerprint density at radius 3 is 2.79 bits per heavy atom. The second-order valence-corrected chi connectivity index (χ2v) is 7.34. The Kier molecular flexibility index (Phi) is 6.54. The summed E-state index contributed by atoms with van der Waals surface area (Å²) in [4.78, 5) is 28.1. The van der Waals surface area contributed by atoms with E-state index in [2.05, 4.69) is 17.6 Å². The van der Waals surface area contributed by atoms with Crippen molar-refractivity contribution in [2.45, 2.75) is 25.5 Å². The summed E-state index contributed by atoms with van der Waals surface area (Å²) in [5.41, 5.74) is 3.20. The molecule has 0 aromatic heterocycles. The Labute approximate surface area is 148 Å². The van der Waals surface area contributed by atoms with Crippen LogP contribution in [0.15, 0.2) is 18.2 Å². The summed E-state index contributed by atoms with van der Waals surface area (Å²) in [5.74, 6) is 0.938. The highest BCUT2D eigenvalue weighted by Crippen LogP contribution is 2.24. The molecule has 24 heavy (non-hydrogen) atoms. The first-order valence-electron chi connectivity index (χ1n) is 8.28. The van der Waals surface area contributed by atoms with E-state index in [1.54, 1.807) is 35.7 Å². The van der Waals surface area contributed by atoms with Gasteiger partial charge in [0.1, 0.15) is 0 Å². The van der Waals surface area contributed by atoms with Crippen molar-refractivity contribution in [2.75, 3.05) is 38.8 Å². The topological polar surface area (TPSA) is 52.7 Å². The predicted molar refractivity (Wildman–Crippen MR) is 100 cm³/mol. The molecule has 1 aliphatic rings. The van der Waals surface area contributed by atoms with Crippen molar-refractivity contribution < 1.29 is 9.59 Å². The summed E-state index contributed by atoms with van der Waals surface area (Å²) in [5, 5.41) is 3.02. The van der Waals surface area contributed by atoms with Gasteiger partial charge in [-0.25, -0.2) is 4.79 Å². The molecular weight excluding hydrogens is 322 g/mol. The maximum absolute atomic E-state index is 12.6. The van der Waals surface area contributed by atoms with Gasteiger partial charge in [0.15, 0.2) is 0 Å². The van der Waals surface area contributed by atoms with Gasteiger partial charge >= 0.3 is 6.03 Å². The molecule has 2 rings (SSSR count). The van der Waals surface area contributed by atoms with Crippen molar-refractivity contribution in [3.05, 3.63) is 29.3 Å². The van der Waals surface area contributed by atoms with Crippen LogP contribution in [0.2, 0.25) is 0 Å². The third-order valence-corrected chi connectivity index (χ3v) is 5.09. The second kappa shape index (κ2) is 8.42. The van der Waals surface area contributed by atoms with Gasteiger partial charge in [0.05, 0.1) is 5.92 Å². The highest BCUT2D eigenvalue weighted by Gasteiger charge is 2.29. The van der Waals surface area contributed by atoms with E-state index in [0.717, 1.165) is 29.8 Å². The van der Waals surface area contributed by atoms with Crippen LogP contribution in [0.5, 0.6) is 0 Å². The zero-order chi connectivity index (χ0) is 17.7. The lowest BCUT2D eigenvalue weighted by Gasteiger charge is -2.33. The Morgan fingerprint density at radius 1 is 1.38 bits per heavy atom. The lowest BCUT2D eigenvalue weighted by Crippen LogP contribution is -2.46. The molecule has 0 spiro atoms. The number of carbonyl (C=O) groups is 2. The summed E-state index contributed by atoms with van der Waals surface area (Å²) in [6.45, 7) is 3.23. The molecule has 5 nitrogen and oxygen atoms in total. The number of urea groups is 1. The highest BCUT2D eigenvalue weighted by atomic mass is 32.2. The lowest BCUT2D eigenvalue weighted by molar-refractivity contribution is -0.134. The first-order chi connectivity index (χ1) is 11.4. The molecule has 1 aliphatic heterocycles. The van der Waals surface area contributed by atoms with Crippen molar-refractivity contribution in [3.8, 4) is 0 Å². The summed E-state index contributed by atoms with van der Waals surface area (Å²) in [6.07, 6.45) is 3.78. The quantitative estimate of drug-likeness (QED) is 0.908. The van der Waals surface area contributed by atoms with Gasteiger partial charge in [-0.1, -0.05) is 12.1 Å². The molecule has 1 fully saturated rings. The van der Waals surface area contributed by atoms with Crippen LogP contribution < -0.4 is 5.32 Å². The smallest absolute Gasteiger partial charge is 0.321 e. The SMILES string of the molecule is CSCc1cccc(NC(=O)N2CCC[C@H](C(=O)N(C)C)C2)c1C. The highest BCUT2D eigenvalue weighted by molar-refractivity contribution is 7.97. The fraction of sp³-hybridized carbons (Fsp3) is 0.556. The standard InChI is InChI=1S/C18H27N3O2S/c1-13-15(12-24-4)7-5-9-16(13)19-18(23)21-10-6-8-14(11-21)17(22)20(2)3/h5,7,9,14H,6,8,10-12H2,1-4H3,(H,19,23)/t14-/m0/s1. The number of amides is 3. The van der Waals surface area contributed by atoms with Gasteiger partial charge in [0, 0.05) is 38.6 Å². The molecule has 0 unspecified atom stereocenters. The Morgan fingerprint density at radius 2 is 2.12 bits per heavy atom. The molecule has 1 N–H and O–H groups in total. The van der Waals surface area contributed by atoms with Gasteiger partial charge in [-0.05, 0) is 43.2 Å². The number of thioether (sulfide) groups is 1. The van der Waals surface area contributed by atoms with Crippen molar-refractivity contribution in [1.82, 2.24) is 9.80 Å². The number of benzene rings is 1. The number of hydrogen-bond acceptors (Lipinski definition) is 3. The monoisotopic (exact) mass is 349 g/mol. The van der Waals surface area contributed by atoms with Gasteiger partial charge in [-0.2, -0.15) is 11.8 Å². The van der Waals surface area contributed by atoms with E-state index in [1.165, 1.54) is 5.56 Å². The Hall–Kier alpha value is -1.69. The normalized spacial score (nSPS) is 17.5. The summed E-state index contributed by atoms with van der Waals surface area (Å²) in [6, 6.07) is 5.89. The average Bonchev–Trinajstić information content (AvgIpc) is 2.58. The molecule has 0 bridgehead atoms. The summed E-state index contributed by atoms with van der Waals surface area (Å²) in [7, 11) is 3.53. The number of nitrogens with one attached hydrogen (secondary N) is 1. The zero-order valence-electron chi connectivity index (χ0n) is 15.0. The predicted octanol–water partition coefficient (Wildman–Crippen LogP) is 3.19.